The lowest BCUT2D eigenvalue weighted by atomic mass is 9.90. The van der Waals surface area contributed by atoms with Crippen molar-refractivity contribution in [1.82, 2.24) is 0 Å². The fourth-order valence-corrected chi connectivity index (χ4v) is 2.24. The molecule has 18 heavy (non-hydrogen) atoms. The first-order chi connectivity index (χ1) is 8.69. The second-order valence-electron chi connectivity index (χ2n) is 4.33. The SMILES string of the molecule is COc1cc2c(c(OC)c1)NC(=O)C(CCN)C2. The van der Waals surface area contributed by atoms with Gasteiger partial charge in [-0.05, 0) is 31.0 Å². The van der Waals surface area contributed by atoms with Crippen molar-refractivity contribution in [3.05, 3.63) is 17.7 Å². The van der Waals surface area contributed by atoms with Crippen molar-refractivity contribution in [3.8, 4) is 11.5 Å². The summed E-state index contributed by atoms with van der Waals surface area (Å²) >= 11 is 0. The highest BCUT2D eigenvalue weighted by Crippen LogP contribution is 2.38. The highest BCUT2D eigenvalue weighted by atomic mass is 16.5. The van der Waals surface area contributed by atoms with E-state index in [0.29, 0.717) is 25.1 Å². The molecule has 0 saturated heterocycles. The number of benzene rings is 1. The zero-order chi connectivity index (χ0) is 13.1. The van der Waals surface area contributed by atoms with Crippen molar-refractivity contribution in [2.24, 2.45) is 11.7 Å². The Bertz CT molecular complexity index is 460. The summed E-state index contributed by atoms with van der Waals surface area (Å²) in [6.07, 6.45) is 1.36. The molecule has 1 heterocycles. The quantitative estimate of drug-likeness (QED) is 0.841. The van der Waals surface area contributed by atoms with Gasteiger partial charge < -0.3 is 20.5 Å². The molecule has 0 fully saturated rings. The van der Waals surface area contributed by atoms with Crippen LogP contribution in [0.1, 0.15) is 12.0 Å². The number of rotatable bonds is 4. The fraction of sp³-hybridized carbons (Fsp3) is 0.462. The number of hydrogen-bond donors (Lipinski definition) is 2. The van der Waals surface area contributed by atoms with Crippen molar-refractivity contribution in [2.75, 3.05) is 26.1 Å². The second-order valence-corrected chi connectivity index (χ2v) is 4.33. The van der Waals surface area contributed by atoms with E-state index in [-0.39, 0.29) is 11.8 Å². The summed E-state index contributed by atoms with van der Waals surface area (Å²) < 4.78 is 10.5. The number of carbonyl (C=O) groups is 1. The van der Waals surface area contributed by atoms with Crippen LogP contribution < -0.4 is 20.5 Å². The van der Waals surface area contributed by atoms with Gasteiger partial charge in [0.1, 0.15) is 11.5 Å². The predicted molar refractivity (Wildman–Crippen MR) is 69.0 cm³/mol. The number of hydrogen-bond acceptors (Lipinski definition) is 4. The summed E-state index contributed by atoms with van der Waals surface area (Å²) in [6, 6.07) is 3.70. The Morgan fingerprint density at radius 2 is 2.17 bits per heavy atom. The van der Waals surface area contributed by atoms with Crippen molar-refractivity contribution < 1.29 is 14.3 Å². The zero-order valence-corrected chi connectivity index (χ0v) is 10.7. The van der Waals surface area contributed by atoms with Crippen LogP contribution in [-0.4, -0.2) is 26.7 Å². The Labute approximate surface area is 106 Å². The highest BCUT2D eigenvalue weighted by molar-refractivity contribution is 5.97. The van der Waals surface area contributed by atoms with E-state index in [1.807, 2.05) is 6.07 Å². The molecule has 0 spiro atoms. The van der Waals surface area contributed by atoms with Crippen LogP contribution in [0, 0.1) is 5.92 Å². The number of carbonyl (C=O) groups excluding carboxylic acids is 1. The minimum Gasteiger partial charge on any atom is -0.497 e. The lowest BCUT2D eigenvalue weighted by Gasteiger charge is -2.26. The third-order valence-corrected chi connectivity index (χ3v) is 3.21. The van der Waals surface area contributed by atoms with E-state index in [4.69, 9.17) is 15.2 Å². The fourth-order valence-electron chi connectivity index (χ4n) is 2.24. The van der Waals surface area contributed by atoms with Gasteiger partial charge >= 0.3 is 0 Å². The molecule has 0 aromatic heterocycles. The Kier molecular flexibility index (Phi) is 3.72. The van der Waals surface area contributed by atoms with Crippen LogP contribution in [0.25, 0.3) is 0 Å². The maximum Gasteiger partial charge on any atom is 0.227 e. The van der Waals surface area contributed by atoms with Crippen molar-refractivity contribution >= 4 is 11.6 Å². The van der Waals surface area contributed by atoms with Crippen LogP contribution in [0.15, 0.2) is 12.1 Å². The summed E-state index contributed by atoms with van der Waals surface area (Å²) in [6.45, 7) is 0.508. The number of amides is 1. The van der Waals surface area contributed by atoms with E-state index in [1.165, 1.54) is 0 Å². The van der Waals surface area contributed by atoms with Crippen molar-refractivity contribution in [3.63, 3.8) is 0 Å². The Hall–Kier alpha value is -1.75. The summed E-state index contributed by atoms with van der Waals surface area (Å²) in [5, 5.41) is 2.89. The van der Waals surface area contributed by atoms with Crippen LogP contribution >= 0.6 is 0 Å². The van der Waals surface area contributed by atoms with Gasteiger partial charge in [-0.3, -0.25) is 4.79 Å². The van der Waals surface area contributed by atoms with Gasteiger partial charge in [-0.2, -0.15) is 0 Å². The van der Waals surface area contributed by atoms with Crippen LogP contribution in [0.5, 0.6) is 11.5 Å². The third kappa shape index (κ3) is 2.26. The van der Waals surface area contributed by atoms with Gasteiger partial charge in [-0.1, -0.05) is 0 Å². The standard InChI is InChI=1S/C13H18N2O3/c1-17-10-6-9-5-8(3-4-14)13(16)15-12(9)11(7-10)18-2/h6-8H,3-5,14H2,1-2H3,(H,15,16). The lowest BCUT2D eigenvalue weighted by molar-refractivity contribution is -0.120. The number of anilines is 1. The van der Waals surface area contributed by atoms with Gasteiger partial charge in [-0.15, -0.1) is 0 Å². The molecule has 1 atom stereocenters. The summed E-state index contributed by atoms with van der Waals surface area (Å²) in [5.41, 5.74) is 7.30. The van der Waals surface area contributed by atoms with E-state index in [2.05, 4.69) is 5.32 Å². The molecule has 1 aliphatic rings. The molecule has 0 bridgehead atoms. The summed E-state index contributed by atoms with van der Waals surface area (Å²) in [4.78, 5) is 11.9. The van der Waals surface area contributed by atoms with E-state index in [9.17, 15) is 4.79 Å². The topological polar surface area (TPSA) is 73.6 Å². The molecule has 1 aromatic carbocycles. The summed E-state index contributed by atoms with van der Waals surface area (Å²) in [7, 11) is 3.19. The van der Waals surface area contributed by atoms with Crippen LogP contribution in [0.2, 0.25) is 0 Å². The molecule has 2 rings (SSSR count). The average Bonchev–Trinajstić information content (AvgIpc) is 2.39. The summed E-state index contributed by atoms with van der Waals surface area (Å²) in [5.74, 6) is 1.30. The third-order valence-electron chi connectivity index (χ3n) is 3.21. The van der Waals surface area contributed by atoms with E-state index < -0.39 is 0 Å². The minimum atomic E-state index is -0.0701. The number of methoxy groups -OCH3 is 2. The van der Waals surface area contributed by atoms with E-state index in [1.54, 1.807) is 20.3 Å². The molecule has 1 aromatic rings. The first-order valence-electron chi connectivity index (χ1n) is 5.95. The monoisotopic (exact) mass is 250 g/mol. The average molecular weight is 250 g/mol. The maximum absolute atomic E-state index is 11.9. The number of fused-ring (bicyclic) bond motifs is 1. The molecule has 5 heteroatoms. The van der Waals surface area contributed by atoms with Gasteiger partial charge in [0.15, 0.2) is 0 Å². The van der Waals surface area contributed by atoms with Gasteiger partial charge in [0.2, 0.25) is 5.91 Å². The molecule has 5 nitrogen and oxygen atoms in total. The molecule has 0 saturated carbocycles. The molecule has 1 unspecified atom stereocenters. The molecular weight excluding hydrogens is 232 g/mol. The minimum absolute atomic E-state index is 0.0106. The van der Waals surface area contributed by atoms with Gasteiger partial charge in [0.25, 0.3) is 0 Å². The molecule has 1 aliphatic heterocycles. The van der Waals surface area contributed by atoms with E-state index >= 15 is 0 Å². The van der Waals surface area contributed by atoms with Gasteiger partial charge in [0.05, 0.1) is 19.9 Å². The highest BCUT2D eigenvalue weighted by Gasteiger charge is 2.28. The molecular formula is C13H18N2O3. The van der Waals surface area contributed by atoms with Gasteiger partial charge in [-0.25, -0.2) is 0 Å². The van der Waals surface area contributed by atoms with Crippen LogP contribution in [0.3, 0.4) is 0 Å². The normalized spacial score (nSPS) is 17.9. The maximum atomic E-state index is 11.9. The molecule has 0 radical (unpaired) electrons. The number of nitrogens with one attached hydrogen (secondary N) is 1. The van der Waals surface area contributed by atoms with Crippen LogP contribution in [0.4, 0.5) is 5.69 Å². The number of ether oxygens (including phenoxy) is 2. The van der Waals surface area contributed by atoms with E-state index in [0.717, 1.165) is 17.0 Å². The van der Waals surface area contributed by atoms with Crippen LogP contribution in [-0.2, 0) is 11.2 Å². The Morgan fingerprint density at radius 1 is 1.39 bits per heavy atom. The zero-order valence-electron chi connectivity index (χ0n) is 10.7. The Balaban J connectivity index is 2.38. The number of nitrogens with two attached hydrogens (primary N) is 1. The predicted octanol–water partition coefficient (Wildman–Crippen LogP) is 1.16. The lowest BCUT2D eigenvalue weighted by Crippen LogP contribution is -2.31. The molecule has 3 N–H and O–H groups in total. The van der Waals surface area contributed by atoms with Crippen molar-refractivity contribution in [2.45, 2.75) is 12.8 Å². The molecule has 0 aliphatic carbocycles. The first-order valence-corrected chi connectivity index (χ1v) is 5.95. The van der Waals surface area contributed by atoms with Crippen molar-refractivity contribution in [1.29, 1.82) is 0 Å². The smallest absolute Gasteiger partial charge is 0.227 e. The van der Waals surface area contributed by atoms with Gasteiger partial charge in [0, 0.05) is 12.0 Å². The first kappa shape index (κ1) is 12.7. The second kappa shape index (κ2) is 5.27. The molecule has 98 valence electrons. The largest absolute Gasteiger partial charge is 0.497 e. The molecule has 1 amide bonds. The Morgan fingerprint density at radius 3 is 2.78 bits per heavy atom.